The first-order valence-corrected chi connectivity index (χ1v) is 6.70. The molecule has 0 atom stereocenters. The quantitative estimate of drug-likeness (QED) is 0.847. The van der Waals surface area contributed by atoms with Gasteiger partial charge in [-0.15, -0.1) is 0 Å². The number of thioether (sulfide) groups is 1. The number of hydrogen-bond acceptors (Lipinski definition) is 4. The fourth-order valence-corrected chi connectivity index (χ4v) is 2.39. The van der Waals surface area contributed by atoms with Gasteiger partial charge in [0.1, 0.15) is 0 Å². The summed E-state index contributed by atoms with van der Waals surface area (Å²) in [6.45, 7) is -0.245. The molecule has 0 bridgehead atoms. The van der Waals surface area contributed by atoms with Crippen molar-refractivity contribution in [1.29, 1.82) is 0 Å². The maximum Gasteiger partial charge on any atom is 0.277 e. The molecule has 1 aromatic rings. The van der Waals surface area contributed by atoms with Crippen LogP contribution >= 0.6 is 11.8 Å². The lowest BCUT2D eigenvalue weighted by Crippen LogP contribution is -2.26. The lowest BCUT2D eigenvalue weighted by Gasteiger charge is -2.05. The van der Waals surface area contributed by atoms with Gasteiger partial charge in [-0.05, 0) is 24.3 Å². The number of nitrogens with zero attached hydrogens (tertiary/aromatic N) is 1. The maximum absolute atomic E-state index is 13.2. The zero-order valence-corrected chi connectivity index (χ0v) is 10.5. The van der Waals surface area contributed by atoms with E-state index in [1.54, 1.807) is 23.9 Å². The molecule has 1 fully saturated rings. The summed E-state index contributed by atoms with van der Waals surface area (Å²) in [5, 5.41) is 3.98. The Bertz CT molecular complexity index is 457. The van der Waals surface area contributed by atoms with Crippen LogP contribution in [0.1, 0.15) is 6.42 Å². The van der Waals surface area contributed by atoms with Crippen molar-refractivity contribution in [2.24, 2.45) is 5.10 Å². The highest BCUT2D eigenvalue weighted by Gasteiger charge is 2.10. The number of nitrogens with one attached hydrogen (secondary N) is 1. The van der Waals surface area contributed by atoms with Gasteiger partial charge in [-0.2, -0.15) is 16.9 Å². The van der Waals surface area contributed by atoms with Gasteiger partial charge in [0.25, 0.3) is 5.91 Å². The van der Waals surface area contributed by atoms with Gasteiger partial charge in [-0.25, -0.2) is 9.82 Å². The number of benzene rings is 1. The molecule has 18 heavy (non-hydrogen) atoms. The summed E-state index contributed by atoms with van der Waals surface area (Å²) in [6, 6.07) is 5.96. The second kappa shape index (κ2) is 6.39. The van der Waals surface area contributed by atoms with Crippen molar-refractivity contribution >= 4 is 23.4 Å². The summed E-state index contributed by atoms with van der Waals surface area (Å²) >= 11 is 1.78. The Kier molecular flexibility index (Phi) is 4.58. The summed E-state index contributed by atoms with van der Waals surface area (Å²) in [6.07, 6.45) is 0.902. The first-order chi connectivity index (χ1) is 8.75. The molecule has 0 unspecified atom stereocenters. The topological polar surface area (TPSA) is 50.7 Å². The van der Waals surface area contributed by atoms with Crippen molar-refractivity contribution in [3.63, 3.8) is 0 Å². The standard InChI is InChI=1S/C12H13FN2O2S/c13-10-3-1-2-4-11(10)17-7-12(16)15-14-9-5-6-18-8-9/h1-4H,5-8H2,(H,15,16)/b14-9+. The minimum atomic E-state index is -0.483. The molecule has 1 heterocycles. The van der Waals surface area contributed by atoms with Gasteiger partial charge < -0.3 is 4.74 Å². The minimum Gasteiger partial charge on any atom is -0.481 e. The van der Waals surface area contributed by atoms with Crippen LogP contribution in [0.5, 0.6) is 5.75 Å². The van der Waals surface area contributed by atoms with Crippen LogP contribution < -0.4 is 10.2 Å². The maximum atomic E-state index is 13.2. The number of hydrazone groups is 1. The van der Waals surface area contributed by atoms with Crippen molar-refractivity contribution in [3.8, 4) is 5.75 Å². The Labute approximate surface area is 109 Å². The SMILES string of the molecule is O=C(COc1ccccc1F)N/N=C1\CCSC1. The Morgan fingerprint density at radius 3 is 3.06 bits per heavy atom. The number of carbonyl (C=O) groups excluding carboxylic acids is 1. The first kappa shape index (κ1) is 12.9. The molecule has 96 valence electrons. The average Bonchev–Trinajstić information content (AvgIpc) is 2.88. The zero-order chi connectivity index (χ0) is 12.8. The van der Waals surface area contributed by atoms with Gasteiger partial charge in [0.2, 0.25) is 0 Å². The molecule has 0 aromatic heterocycles. The Morgan fingerprint density at radius 2 is 2.33 bits per heavy atom. The van der Waals surface area contributed by atoms with Crippen LogP contribution in [0, 0.1) is 5.82 Å². The predicted molar refractivity (Wildman–Crippen MR) is 69.4 cm³/mol. The molecule has 4 nitrogen and oxygen atoms in total. The molecule has 6 heteroatoms. The molecule has 0 aliphatic carbocycles. The lowest BCUT2D eigenvalue weighted by molar-refractivity contribution is -0.123. The smallest absolute Gasteiger partial charge is 0.277 e. The molecular formula is C12H13FN2O2S. The zero-order valence-electron chi connectivity index (χ0n) is 9.69. The van der Waals surface area contributed by atoms with Crippen LogP contribution in [-0.2, 0) is 4.79 Å². The Balaban J connectivity index is 1.78. The van der Waals surface area contributed by atoms with E-state index in [1.165, 1.54) is 12.1 Å². The van der Waals surface area contributed by atoms with Gasteiger partial charge >= 0.3 is 0 Å². The number of ether oxygens (including phenoxy) is 1. The van der Waals surface area contributed by atoms with E-state index < -0.39 is 5.82 Å². The summed E-state index contributed by atoms with van der Waals surface area (Å²) in [5.41, 5.74) is 3.37. The third kappa shape index (κ3) is 3.73. The molecule has 1 N–H and O–H groups in total. The number of halogens is 1. The lowest BCUT2D eigenvalue weighted by atomic mass is 10.3. The van der Waals surface area contributed by atoms with E-state index in [2.05, 4.69) is 10.5 Å². The van der Waals surface area contributed by atoms with Crippen molar-refractivity contribution < 1.29 is 13.9 Å². The van der Waals surface area contributed by atoms with Gasteiger partial charge in [0.05, 0.1) is 0 Å². The second-order valence-electron chi connectivity index (χ2n) is 3.73. The van der Waals surface area contributed by atoms with Crippen LogP contribution in [0.2, 0.25) is 0 Å². The summed E-state index contributed by atoms with van der Waals surface area (Å²) < 4.78 is 18.2. The Morgan fingerprint density at radius 1 is 1.50 bits per heavy atom. The minimum absolute atomic E-state index is 0.0664. The van der Waals surface area contributed by atoms with E-state index in [-0.39, 0.29) is 18.3 Å². The van der Waals surface area contributed by atoms with E-state index in [0.717, 1.165) is 23.6 Å². The number of rotatable bonds is 4. The fraction of sp³-hybridized carbons (Fsp3) is 0.333. The van der Waals surface area contributed by atoms with E-state index in [9.17, 15) is 9.18 Å². The van der Waals surface area contributed by atoms with Crippen molar-refractivity contribution in [2.45, 2.75) is 6.42 Å². The van der Waals surface area contributed by atoms with Crippen LogP contribution in [0.3, 0.4) is 0 Å². The molecule has 1 aliphatic heterocycles. The van der Waals surface area contributed by atoms with Crippen LogP contribution in [0.15, 0.2) is 29.4 Å². The van der Waals surface area contributed by atoms with Gasteiger partial charge in [-0.3, -0.25) is 4.79 Å². The van der Waals surface area contributed by atoms with Gasteiger partial charge in [0.15, 0.2) is 18.2 Å². The fourth-order valence-electron chi connectivity index (χ4n) is 1.42. The van der Waals surface area contributed by atoms with Crippen LogP contribution in [0.4, 0.5) is 4.39 Å². The number of hydrogen-bond donors (Lipinski definition) is 1. The number of carbonyl (C=O) groups is 1. The van der Waals surface area contributed by atoms with E-state index in [0.29, 0.717) is 0 Å². The molecule has 2 rings (SSSR count). The monoisotopic (exact) mass is 268 g/mol. The van der Waals surface area contributed by atoms with E-state index in [4.69, 9.17) is 4.74 Å². The molecule has 0 radical (unpaired) electrons. The van der Waals surface area contributed by atoms with Crippen LogP contribution in [0.25, 0.3) is 0 Å². The van der Waals surface area contributed by atoms with Crippen molar-refractivity contribution in [2.75, 3.05) is 18.1 Å². The average molecular weight is 268 g/mol. The molecular weight excluding hydrogens is 255 g/mol. The highest BCUT2D eigenvalue weighted by molar-refractivity contribution is 8.00. The van der Waals surface area contributed by atoms with Crippen LogP contribution in [-0.4, -0.2) is 29.7 Å². The normalized spacial score (nSPS) is 16.8. The first-order valence-electron chi connectivity index (χ1n) is 5.55. The molecule has 0 saturated carbocycles. The Hall–Kier alpha value is -1.56. The molecule has 1 aromatic carbocycles. The third-order valence-electron chi connectivity index (χ3n) is 2.34. The van der Waals surface area contributed by atoms with E-state index in [1.807, 2.05) is 0 Å². The molecule has 0 spiro atoms. The number of para-hydroxylation sites is 1. The highest BCUT2D eigenvalue weighted by Crippen LogP contribution is 2.15. The van der Waals surface area contributed by atoms with Crippen molar-refractivity contribution in [1.82, 2.24) is 5.43 Å². The molecule has 1 aliphatic rings. The van der Waals surface area contributed by atoms with Gasteiger partial charge in [-0.1, -0.05) is 12.1 Å². The largest absolute Gasteiger partial charge is 0.481 e. The second-order valence-corrected chi connectivity index (χ2v) is 4.84. The summed E-state index contributed by atoms with van der Waals surface area (Å²) in [5.74, 6) is 1.10. The third-order valence-corrected chi connectivity index (χ3v) is 3.37. The van der Waals surface area contributed by atoms with Gasteiger partial charge in [0, 0.05) is 11.5 Å². The van der Waals surface area contributed by atoms with E-state index >= 15 is 0 Å². The molecule has 1 amide bonds. The highest BCUT2D eigenvalue weighted by atomic mass is 32.2. The summed E-state index contributed by atoms with van der Waals surface area (Å²) in [7, 11) is 0. The number of amides is 1. The molecule has 1 saturated heterocycles. The van der Waals surface area contributed by atoms with Crippen molar-refractivity contribution in [3.05, 3.63) is 30.1 Å². The summed E-state index contributed by atoms with van der Waals surface area (Å²) in [4.78, 5) is 11.4. The predicted octanol–water partition coefficient (Wildman–Crippen LogP) is 1.81.